The van der Waals surface area contributed by atoms with Crippen LogP contribution in [0.15, 0.2) is 23.2 Å². The van der Waals surface area contributed by atoms with E-state index in [4.69, 9.17) is 6.42 Å². The Kier molecular flexibility index (Phi) is 5.19. The number of allylic oxidation sites excluding steroid dienone is 1. The molecular weight excluding hydrogens is 244 g/mol. The topological polar surface area (TPSA) is 58.6 Å². The van der Waals surface area contributed by atoms with E-state index < -0.39 is 5.97 Å². The number of methoxy groups -OCH3 is 1. The van der Waals surface area contributed by atoms with Gasteiger partial charge in [0, 0.05) is 19.5 Å². The largest absolute Gasteiger partial charge is 0.466 e. The fourth-order valence-corrected chi connectivity index (χ4v) is 1.88. The van der Waals surface area contributed by atoms with E-state index in [9.17, 15) is 9.59 Å². The van der Waals surface area contributed by atoms with Crippen LogP contribution in [-0.4, -0.2) is 36.9 Å². The van der Waals surface area contributed by atoms with Gasteiger partial charge in [0.05, 0.1) is 24.5 Å². The van der Waals surface area contributed by atoms with Crippen molar-refractivity contribution >= 4 is 11.8 Å². The van der Waals surface area contributed by atoms with Crippen molar-refractivity contribution in [1.82, 2.24) is 10.2 Å². The fourth-order valence-electron chi connectivity index (χ4n) is 1.88. The Morgan fingerprint density at radius 2 is 2.11 bits per heavy atom. The van der Waals surface area contributed by atoms with Gasteiger partial charge < -0.3 is 15.0 Å². The smallest absolute Gasteiger partial charge is 0.332 e. The number of nitrogens with one attached hydrogen (secondary N) is 1. The summed E-state index contributed by atoms with van der Waals surface area (Å²) in [5.41, 5.74) is 0.723. The van der Waals surface area contributed by atoms with Gasteiger partial charge in [-0.05, 0) is 13.8 Å². The van der Waals surface area contributed by atoms with Gasteiger partial charge in [0.15, 0.2) is 0 Å². The number of nitrogens with zero attached hydrogens (tertiary/aromatic N) is 1. The second kappa shape index (κ2) is 6.64. The SMILES string of the molecule is C#CCC1=C(N(CC)CC)N/C(=C\C(=O)OC)C1=O. The molecule has 5 heteroatoms. The highest BCUT2D eigenvalue weighted by atomic mass is 16.5. The Labute approximate surface area is 113 Å². The van der Waals surface area contributed by atoms with E-state index in [1.165, 1.54) is 7.11 Å². The van der Waals surface area contributed by atoms with Crippen LogP contribution in [0.25, 0.3) is 0 Å². The first-order chi connectivity index (χ1) is 9.08. The van der Waals surface area contributed by atoms with Crippen LogP contribution in [0.4, 0.5) is 0 Å². The molecule has 5 nitrogen and oxygen atoms in total. The van der Waals surface area contributed by atoms with Gasteiger partial charge in [-0.15, -0.1) is 12.3 Å². The lowest BCUT2D eigenvalue weighted by Gasteiger charge is -2.23. The summed E-state index contributed by atoms with van der Waals surface area (Å²) in [6.45, 7) is 5.45. The van der Waals surface area contributed by atoms with Crippen molar-refractivity contribution in [3.8, 4) is 12.3 Å². The summed E-state index contributed by atoms with van der Waals surface area (Å²) in [5, 5.41) is 2.96. The van der Waals surface area contributed by atoms with Crippen LogP contribution in [0.3, 0.4) is 0 Å². The molecule has 19 heavy (non-hydrogen) atoms. The molecule has 0 bridgehead atoms. The molecule has 1 aliphatic rings. The van der Waals surface area contributed by atoms with Crippen molar-refractivity contribution in [2.75, 3.05) is 20.2 Å². The van der Waals surface area contributed by atoms with Crippen LogP contribution < -0.4 is 5.32 Å². The summed E-state index contributed by atoms with van der Waals surface area (Å²) in [7, 11) is 1.26. The molecule has 0 fully saturated rings. The number of hydrogen-bond donors (Lipinski definition) is 1. The Balaban J connectivity index is 3.11. The minimum absolute atomic E-state index is 0.207. The molecule has 1 rings (SSSR count). The molecule has 0 amide bonds. The molecule has 0 saturated carbocycles. The summed E-state index contributed by atoms with van der Waals surface area (Å²) < 4.78 is 4.52. The Hall–Kier alpha value is -2.22. The van der Waals surface area contributed by atoms with E-state index in [-0.39, 0.29) is 17.9 Å². The second-order valence-electron chi connectivity index (χ2n) is 3.92. The molecule has 1 N–H and O–H groups in total. The number of esters is 1. The van der Waals surface area contributed by atoms with Gasteiger partial charge in [-0.3, -0.25) is 4.79 Å². The maximum absolute atomic E-state index is 12.2. The number of hydrogen-bond acceptors (Lipinski definition) is 5. The van der Waals surface area contributed by atoms with E-state index in [1.807, 2.05) is 18.7 Å². The van der Waals surface area contributed by atoms with Gasteiger partial charge in [-0.2, -0.15) is 0 Å². The van der Waals surface area contributed by atoms with Gasteiger partial charge >= 0.3 is 5.97 Å². The van der Waals surface area contributed by atoms with Crippen molar-refractivity contribution in [3.05, 3.63) is 23.2 Å². The molecular formula is C14H18N2O3. The third kappa shape index (κ3) is 3.16. The zero-order valence-electron chi connectivity index (χ0n) is 11.4. The predicted molar refractivity (Wildman–Crippen MR) is 71.6 cm³/mol. The molecule has 0 spiro atoms. The van der Waals surface area contributed by atoms with Gasteiger partial charge in [-0.25, -0.2) is 4.79 Å². The molecule has 102 valence electrons. The van der Waals surface area contributed by atoms with Gasteiger partial charge in [0.1, 0.15) is 5.82 Å². The van der Waals surface area contributed by atoms with Crippen LogP contribution in [0, 0.1) is 12.3 Å². The number of rotatable bonds is 5. The fraction of sp³-hybridized carbons (Fsp3) is 0.429. The first kappa shape index (κ1) is 14.8. The van der Waals surface area contributed by atoms with Crippen LogP contribution in [0.5, 0.6) is 0 Å². The van der Waals surface area contributed by atoms with Crippen molar-refractivity contribution in [2.24, 2.45) is 0 Å². The van der Waals surface area contributed by atoms with E-state index in [0.717, 1.165) is 19.2 Å². The summed E-state index contributed by atoms with van der Waals surface area (Å²) in [4.78, 5) is 25.4. The number of Topliss-reactive ketones (excluding diaryl/α,β-unsaturated/α-hetero) is 1. The number of terminal acetylenes is 1. The van der Waals surface area contributed by atoms with E-state index in [2.05, 4.69) is 16.0 Å². The van der Waals surface area contributed by atoms with Gasteiger partial charge in [0.2, 0.25) is 5.78 Å². The summed E-state index contributed by atoms with van der Waals surface area (Å²) >= 11 is 0. The zero-order valence-corrected chi connectivity index (χ0v) is 11.4. The van der Waals surface area contributed by atoms with Crippen molar-refractivity contribution in [2.45, 2.75) is 20.3 Å². The lowest BCUT2D eigenvalue weighted by molar-refractivity contribution is -0.135. The predicted octanol–water partition coefficient (Wildman–Crippen LogP) is 0.792. The summed E-state index contributed by atoms with van der Waals surface area (Å²) in [5.74, 6) is 2.34. The Morgan fingerprint density at radius 3 is 2.58 bits per heavy atom. The Bertz CT molecular complexity index is 479. The van der Waals surface area contributed by atoms with E-state index >= 15 is 0 Å². The van der Waals surface area contributed by atoms with E-state index in [1.54, 1.807) is 0 Å². The molecule has 0 radical (unpaired) electrons. The number of carbonyl (C=O) groups excluding carboxylic acids is 2. The number of carbonyl (C=O) groups is 2. The third-order valence-corrected chi connectivity index (χ3v) is 2.88. The molecule has 1 aliphatic heterocycles. The molecule has 0 aromatic rings. The minimum atomic E-state index is -0.572. The quantitative estimate of drug-likeness (QED) is 0.451. The zero-order chi connectivity index (χ0) is 14.4. The van der Waals surface area contributed by atoms with Crippen molar-refractivity contribution in [3.63, 3.8) is 0 Å². The highest BCUT2D eigenvalue weighted by molar-refractivity contribution is 6.13. The summed E-state index contributed by atoms with van der Waals surface area (Å²) in [6.07, 6.45) is 6.68. The molecule has 0 aromatic carbocycles. The highest BCUT2D eigenvalue weighted by Gasteiger charge is 2.30. The van der Waals surface area contributed by atoms with Crippen LogP contribution >= 0.6 is 0 Å². The second-order valence-corrected chi connectivity index (χ2v) is 3.92. The van der Waals surface area contributed by atoms with Crippen LogP contribution in [0.2, 0.25) is 0 Å². The van der Waals surface area contributed by atoms with Crippen LogP contribution in [0.1, 0.15) is 20.3 Å². The average Bonchev–Trinajstić information content (AvgIpc) is 2.70. The molecule has 0 saturated heterocycles. The highest BCUT2D eigenvalue weighted by Crippen LogP contribution is 2.23. The summed E-state index contributed by atoms with van der Waals surface area (Å²) in [6, 6.07) is 0. The first-order valence-electron chi connectivity index (χ1n) is 6.11. The van der Waals surface area contributed by atoms with Crippen molar-refractivity contribution < 1.29 is 14.3 Å². The normalized spacial score (nSPS) is 16.3. The maximum atomic E-state index is 12.2. The maximum Gasteiger partial charge on any atom is 0.332 e. The van der Waals surface area contributed by atoms with Crippen molar-refractivity contribution in [1.29, 1.82) is 0 Å². The molecule has 0 aliphatic carbocycles. The number of ether oxygens (including phenoxy) is 1. The molecule has 0 atom stereocenters. The number of ketones is 1. The molecule has 0 unspecified atom stereocenters. The molecule has 0 aromatic heterocycles. The first-order valence-corrected chi connectivity index (χ1v) is 6.11. The monoisotopic (exact) mass is 262 g/mol. The van der Waals surface area contributed by atoms with Gasteiger partial charge in [0.25, 0.3) is 0 Å². The van der Waals surface area contributed by atoms with E-state index in [0.29, 0.717) is 11.4 Å². The Morgan fingerprint density at radius 1 is 1.47 bits per heavy atom. The lowest BCUT2D eigenvalue weighted by Crippen LogP contribution is -2.29. The van der Waals surface area contributed by atoms with Crippen LogP contribution in [-0.2, 0) is 14.3 Å². The van der Waals surface area contributed by atoms with Gasteiger partial charge in [-0.1, -0.05) is 0 Å². The standard InChI is InChI=1S/C14H18N2O3/c1-5-8-10-13(18)11(9-12(17)19-4)15-14(10)16(6-2)7-3/h1,9,15H,6-8H2,2-4H3/b11-9-. The lowest BCUT2D eigenvalue weighted by atomic mass is 10.1. The third-order valence-electron chi connectivity index (χ3n) is 2.88. The minimum Gasteiger partial charge on any atom is -0.466 e. The average molecular weight is 262 g/mol. The molecule has 1 heterocycles.